The van der Waals surface area contributed by atoms with Gasteiger partial charge < -0.3 is 10.4 Å². The molecule has 6 nitrogen and oxygen atoms in total. The summed E-state index contributed by atoms with van der Waals surface area (Å²) in [6.07, 6.45) is 0. The number of carboxylic acid groups (broad SMARTS) is 1. The molecule has 1 aromatic rings. The average Bonchev–Trinajstić information content (AvgIpc) is 2.71. The maximum Gasteiger partial charge on any atom is 0.327 e. The van der Waals surface area contributed by atoms with Crippen LogP contribution in [0.3, 0.4) is 0 Å². The molecule has 1 aromatic heterocycles. The topological polar surface area (TPSA) is 91.7 Å². The van der Waals surface area contributed by atoms with Crippen molar-refractivity contribution in [2.45, 2.75) is 32.2 Å². The summed E-state index contributed by atoms with van der Waals surface area (Å²) in [5, 5.41) is 14.2. The molecule has 100 valence electrons. The molecule has 0 radical (unpaired) electrons. The van der Waals surface area contributed by atoms with Gasteiger partial charge in [-0.15, -0.1) is 16.2 Å². The molecule has 1 rings (SSSR count). The van der Waals surface area contributed by atoms with E-state index in [9.17, 15) is 9.70 Å². The number of carboxylic acids is 1. The lowest BCUT2D eigenvalue weighted by Crippen LogP contribution is -2.31. The van der Waals surface area contributed by atoms with Crippen molar-refractivity contribution >= 4 is 34.4 Å². The number of carbonyl (C=O) groups is 1. The van der Waals surface area contributed by atoms with Crippen molar-refractivity contribution in [1.29, 1.82) is 0 Å². The summed E-state index contributed by atoms with van der Waals surface area (Å²) < 4.78 is 2.59. The number of anilines is 1. The van der Waals surface area contributed by atoms with E-state index in [1.54, 1.807) is 0 Å². The number of hydrogen-bond donors (Lipinski definition) is 2. The molecule has 0 aliphatic heterocycles. The standard InChI is InChI=1S/C10H15N3O3S2/c1-10(2,3)7-5-17-9(12-7)11-6(8(14)15)4-18-13-16/h5-6H,4H2,1-3H3,(H,11,12)(H,14,15)/t6-/m0/s1. The second kappa shape index (κ2) is 6.14. The van der Waals surface area contributed by atoms with Gasteiger partial charge in [0.25, 0.3) is 0 Å². The molecular formula is C10H15N3O3S2. The van der Waals surface area contributed by atoms with Crippen LogP contribution in [0.15, 0.2) is 9.96 Å². The van der Waals surface area contributed by atoms with Gasteiger partial charge in [-0.2, -0.15) is 0 Å². The highest BCUT2D eigenvalue weighted by Gasteiger charge is 2.21. The zero-order valence-corrected chi connectivity index (χ0v) is 12.0. The van der Waals surface area contributed by atoms with E-state index in [-0.39, 0.29) is 11.2 Å². The van der Waals surface area contributed by atoms with Crippen molar-refractivity contribution in [2.75, 3.05) is 11.1 Å². The van der Waals surface area contributed by atoms with Crippen LogP contribution in [0.1, 0.15) is 26.5 Å². The lowest BCUT2D eigenvalue weighted by Gasteiger charge is -2.15. The van der Waals surface area contributed by atoms with Crippen LogP contribution in [0, 0.1) is 4.91 Å². The van der Waals surface area contributed by atoms with E-state index in [0.29, 0.717) is 17.1 Å². The molecule has 0 spiro atoms. The van der Waals surface area contributed by atoms with E-state index < -0.39 is 12.0 Å². The van der Waals surface area contributed by atoms with Gasteiger partial charge in [-0.3, -0.25) is 0 Å². The summed E-state index contributed by atoms with van der Waals surface area (Å²) in [6, 6.07) is -0.869. The monoisotopic (exact) mass is 289 g/mol. The number of nitroso groups, excluding NO2 is 1. The molecule has 1 atom stereocenters. The Hall–Kier alpha value is -1.15. The Kier molecular flexibility index (Phi) is 5.09. The minimum Gasteiger partial charge on any atom is -0.480 e. The molecule has 0 saturated carbocycles. The van der Waals surface area contributed by atoms with Crippen LogP contribution in [0.5, 0.6) is 0 Å². The molecule has 1 heterocycles. The zero-order chi connectivity index (χ0) is 13.8. The second-order valence-electron chi connectivity index (χ2n) is 4.69. The first-order chi connectivity index (χ1) is 8.34. The first kappa shape index (κ1) is 14.9. The first-order valence-corrected chi connectivity index (χ1v) is 7.07. The van der Waals surface area contributed by atoms with Crippen molar-refractivity contribution in [3.05, 3.63) is 16.0 Å². The molecular weight excluding hydrogens is 274 g/mol. The lowest BCUT2D eigenvalue weighted by atomic mass is 9.93. The van der Waals surface area contributed by atoms with Crippen molar-refractivity contribution in [2.24, 2.45) is 4.58 Å². The van der Waals surface area contributed by atoms with Crippen LogP contribution in [-0.4, -0.2) is 27.9 Å². The van der Waals surface area contributed by atoms with Crippen LogP contribution in [0.4, 0.5) is 5.13 Å². The van der Waals surface area contributed by atoms with Gasteiger partial charge in [-0.1, -0.05) is 20.8 Å². The minimum absolute atomic E-state index is 0.0727. The Labute approximate surface area is 113 Å². The quantitative estimate of drug-likeness (QED) is 0.618. The van der Waals surface area contributed by atoms with Crippen molar-refractivity contribution in [3.8, 4) is 0 Å². The van der Waals surface area contributed by atoms with Gasteiger partial charge in [-0.25, -0.2) is 9.78 Å². The molecule has 0 aromatic carbocycles. The second-order valence-corrected chi connectivity index (χ2v) is 6.29. The number of thiazole rings is 1. The molecule has 2 N–H and O–H groups in total. The average molecular weight is 289 g/mol. The summed E-state index contributed by atoms with van der Waals surface area (Å²) in [5.41, 5.74) is 0.828. The number of aliphatic carboxylic acids is 1. The molecule has 0 aliphatic carbocycles. The highest BCUT2D eigenvalue weighted by atomic mass is 32.2. The van der Waals surface area contributed by atoms with Crippen molar-refractivity contribution in [3.63, 3.8) is 0 Å². The maximum atomic E-state index is 11.0. The van der Waals surface area contributed by atoms with Crippen LogP contribution in [0.2, 0.25) is 0 Å². The summed E-state index contributed by atoms with van der Waals surface area (Å²) in [6.45, 7) is 6.10. The number of hydrogen-bond acceptors (Lipinski definition) is 7. The van der Waals surface area contributed by atoms with Crippen LogP contribution in [-0.2, 0) is 10.2 Å². The molecule has 0 unspecified atom stereocenters. The SMILES string of the molecule is CC(C)(C)c1csc(N[C@@H](CSN=O)C(=O)O)n1. The third-order valence-corrected chi connectivity index (χ3v) is 3.52. The Morgan fingerprint density at radius 1 is 1.67 bits per heavy atom. The number of nitrogens with zero attached hydrogens (tertiary/aromatic N) is 2. The van der Waals surface area contributed by atoms with Crippen LogP contribution in [0.25, 0.3) is 0 Å². The summed E-state index contributed by atoms with van der Waals surface area (Å²) in [7, 11) is 0. The highest BCUT2D eigenvalue weighted by Crippen LogP contribution is 2.26. The molecule has 0 saturated heterocycles. The smallest absolute Gasteiger partial charge is 0.327 e. The van der Waals surface area contributed by atoms with Crippen molar-refractivity contribution in [1.82, 2.24) is 4.98 Å². The predicted octanol–water partition coefficient (Wildman–Crippen LogP) is 2.72. The molecule has 0 bridgehead atoms. The fourth-order valence-corrected chi connectivity index (χ4v) is 2.54. The molecule has 8 heteroatoms. The van der Waals surface area contributed by atoms with E-state index in [2.05, 4.69) is 14.9 Å². The van der Waals surface area contributed by atoms with Gasteiger partial charge in [0.15, 0.2) is 5.13 Å². The third-order valence-electron chi connectivity index (χ3n) is 2.16. The Morgan fingerprint density at radius 3 is 2.78 bits per heavy atom. The molecule has 0 fully saturated rings. The number of nitrogens with one attached hydrogen (secondary N) is 1. The normalized spacial score (nSPS) is 13.1. The van der Waals surface area contributed by atoms with Gasteiger partial charge >= 0.3 is 5.97 Å². The predicted molar refractivity (Wildman–Crippen MR) is 74.1 cm³/mol. The number of aromatic nitrogens is 1. The maximum absolute atomic E-state index is 11.0. The van der Waals surface area contributed by atoms with Gasteiger partial charge in [0.2, 0.25) is 0 Å². The molecule has 0 aliphatic rings. The van der Waals surface area contributed by atoms with E-state index in [1.807, 2.05) is 26.2 Å². The van der Waals surface area contributed by atoms with Crippen LogP contribution >= 0.6 is 23.3 Å². The summed E-state index contributed by atoms with van der Waals surface area (Å²) in [4.78, 5) is 25.3. The number of rotatable bonds is 6. The Bertz CT molecular complexity index is 428. The fraction of sp³-hybridized carbons (Fsp3) is 0.600. The van der Waals surface area contributed by atoms with Gasteiger partial charge in [0, 0.05) is 33.1 Å². The van der Waals surface area contributed by atoms with Crippen LogP contribution < -0.4 is 5.32 Å². The molecule has 18 heavy (non-hydrogen) atoms. The lowest BCUT2D eigenvalue weighted by molar-refractivity contribution is -0.137. The summed E-state index contributed by atoms with van der Waals surface area (Å²) >= 11 is 2.03. The van der Waals surface area contributed by atoms with E-state index in [4.69, 9.17) is 5.11 Å². The van der Waals surface area contributed by atoms with E-state index in [0.717, 1.165) is 5.69 Å². The van der Waals surface area contributed by atoms with Gasteiger partial charge in [-0.05, 0) is 0 Å². The Morgan fingerprint density at radius 2 is 2.33 bits per heavy atom. The zero-order valence-electron chi connectivity index (χ0n) is 10.3. The van der Waals surface area contributed by atoms with E-state index in [1.165, 1.54) is 11.3 Å². The van der Waals surface area contributed by atoms with Crippen molar-refractivity contribution < 1.29 is 9.90 Å². The Balaban J connectivity index is 2.72. The fourth-order valence-electron chi connectivity index (χ4n) is 1.11. The molecule has 0 amide bonds. The van der Waals surface area contributed by atoms with Gasteiger partial charge in [0.1, 0.15) is 6.04 Å². The largest absolute Gasteiger partial charge is 0.480 e. The minimum atomic E-state index is -1.03. The van der Waals surface area contributed by atoms with Gasteiger partial charge in [0.05, 0.1) is 5.69 Å². The third kappa shape index (κ3) is 4.26. The van der Waals surface area contributed by atoms with E-state index >= 15 is 0 Å². The first-order valence-electron chi connectivity index (χ1n) is 5.24. The summed E-state index contributed by atoms with van der Waals surface area (Å²) in [5.74, 6) is -0.956. The highest BCUT2D eigenvalue weighted by molar-refractivity contribution is 7.97.